The van der Waals surface area contributed by atoms with E-state index in [1.165, 1.54) is 41.3 Å². The molecule has 0 unspecified atom stereocenters. The van der Waals surface area contributed by atoms with Crippen LogP contribution in [0.3, 0.4) is 0 Å². The lowest BCUT2D eigenvalue weighted by atomic mass is 10.1. The maximum Gasteiger partial charge on any atom is 0.264 e. The van der Waals surface area contributed by atoms with E-state index in [0.29, 0.717) is 11.6 Å². The van der Waals surface area contributed by atoms with Gasteiger partial charge in [-0.05, 0) is 63.1 Å². The summed E-state index contributed by atoms with van der Waals surface area (Å²) in [4.78, 5) is 28.1. The molecule has 214 valence electrons. The highest BCUT2D eigenvalue weighted by molar-refractivity contribution is 7.92. The van der Waals surface area contributed by atoms with Crippen molar-refractivity contribution in [1.29, 1.82) is 0 Å². The van der Waals surface area contributed by atoms with Crippen LogP contribution in [0.25, 0.3) is 0 Å². The number of sulfonamides is 1. The van der Waals surface area contributed by atoms with Gasteiger partial charge < -0.3 is 10.2 Å². The van der Waals surface area contributed by atoms with Gasteiger partial charge in [0.2, 0.25) is 11.8 Å². The fourth-order valence-corrected chi connectivity index (χ4v) is 5.61. The highest BCUT2D eigenvalue weighted by Gasteiger charge is 2.33. The molecule has 0 spiro atoms. The van der Waals surface area contributed by atoms with Crippen LogP contribution < -0.4 is 9.62 Å². The summed E-state index contributed by atoms with van der Waals surface area (Å²) in [5, 5.41) is 3.14. The predicted molar refractivity (Wildman–Crippen MR) is 156 cm³/mol. The fourth-order valence-electron chi connectivity index (χ4n) is 4.03. The normalized spacial score (nSPS) is 12.1. The average Bonchev–Trinajstić information content (AvgIpc) is 2.92. The lowest BCUT2D eigenvalue weighted by Crippen LogP contribution is -2.51. The molecule has 3 aromatic rings. The third-order valence-electron chi connectivity index (χ3n) is 6.63. The Morgan fingerprint density at radius 1 is 1.02 bits per heavy atom. The number of anilines is 1. The molecule has 0 heterocycles. The number of halogens is 2. The Morgan fingerprint density at radius 2 is 1.70 bits per heavy atom. The minimum absolute atomic E-state index is 0.00592. The van der Waals surface area contributed by atoms with Gasteiger partial charge in [-0.2, -0.15) is 0 Å². The zero-order chi connectivity index (χ0) is 29.4. The Bertz CT molecular complexity index is 1450. The van der Waals surface area contributed by atoms with Gasteiger partial charge >= 0.3 is 0 Å². The minimum Gasteiger partial charge on any atom is -0.354 e. The van der Waals surface area contributed by atoms with Crippen LogP contribution in [-0.2, 0) is 26.2 Å². The van der Waals surface area contributed by atoms with Gasteiger partial charge in [-0.3, -0.25) is 13.9 Å². The molecule has 0 saturated heterocycles. The van der Waals surface area contributed by atoms with Gasteiger partial charge in [-0.1, -0.05) is 66.9 Å². The van der Waals surface area contributed by atoms with Gasteiger partial charge in [0.1, 0.15) is 18.4 Å². The molecule has 40 heavy (non-hydrogen) atoms. The summed E-state index contributed by atoms with van der Waals surface area (Å²) in [6.45, 7) is 6.73. The van der Waals surface area contributed by atoms with Crippen molar-refractivity contribution in [3.05, 3.63) is 94.3 Å². The quantitative estimate of drug-likeness (QED) is 0.279. The number of hydrogen-bond acceptors (Lipinski definition) is 4. The first kappa shape index (κ1) is 31.1. The van der Waals surface area contributed by atoms with Gasteiger partial charge in [-0.15, -0.1) is 0 Å². The molecule has 3 rings (SSSR count). The van der Waals surface area contributed by atoms with Crippen molar-refractivity contribution in [2.75, 3.05) is 17.4 Å². The molecule has 3 aromatic carbocycles. The number of benzene rings is 3. The summed E-state index contributed by atoms with van der Waals surface area (Å²) in [6, 6.07) is 16.0. The zero-order valence-electron chi connectivity index (χ0n) is 23.2. The Balaban J connectivity index is 2.03. The van der Waals surface area contributed by atoms with Crippen molar-refractivity contribution in [1.82, 2.24) is 10.2 Å². The van der Waals surface area contributed by atoms with Crippen molar-refractivity contribution >= 4 is 39.1 Å². The van der Waals surface area contributed by atoms with Crippen LogP contribution in [0.4, 0.5) is 10.1 Å². The zero-order valence-corrected chi connectivity index (χ0v) is 24.7. The van der Waals surface area contributed by atoms with Gasteiger partial charge in [0.25, 0.3) is 10.0 Å². The third-order valence-corrected chi connectivity index (χ3v) is 8.82. The molecule has 1 atom stereocenters. The first-order valence-electron chi connectivity index (χ1n) is 13.1. The molecule has 1 N–H and O–H groups in total. The molecular formula is C30H35ClFN3O4S. The molecule has 7 nitrogen and oxygen atoms in total. The average molecular weight is 588 g/mol. The molecule has 0 aliphatic rings. The Morgan fingerprint density at radius 3 is 2.33 bits per heavy atom. The lowest BCUT2D eigenvalue weighted by molar-refractivity contribution is -0.139. The number of carbonyl (C=O) groups is 2. The molecule has 0 aliphatic carbocycles. The van der Waals surface area contributed by atoms with Crippen LogP contribution in [0.15, 0.2) is 71.6 Å². The summed E-state index contributed by atoms with van der Waals surface area (Å²) in [6.07, 6.45) is 1.63. The summed E-state index contributed by atoms with van der Waals surface area (Å²) in [5.74, 6) is -1.62. The molecule has 0 radical (unpaired) electrons. The lowest BCUT2D eigenvalue weighted by Gasteiger charge is -2.32. The number of nitrogens with one attached hydrogen (secondary N) is 1. The Kier molecular flexibility index (Phi) is 10.7. The Hall–Kier alpha value is -3.43. The van der Waals surface area contributed by atoms with Crippen molar-refractivity contribution in [2.45, 2.75) is 58.0 Å². The van der Waals surface area contributed by atoms with E-state index >= 15 is 0 Å². The van der Waals surface area contributed by atoms with Crippen LogP contribution >= 0.6 is 11.6 Å². The molecule has 0 bridgehead atoms. The molecule has 0 aromatic heterocycles. The third kappa shape index (κ3) is 7.61. The second kappa shape index (κ2) is 13.8. The van der Waals surface area contributed by atoms with E-state index in [9.17, 15) is 22.4 Å². The number of nitrogens with zero attached hydrogens (tertiary/aromatic N) is 2. The van der Waals surface area contributed by atoms with Gasteiger partial charge in [0.15, 0.2) is 0 Å². The summed E-state index contributed by atoms with van der Waals surface area (Å²) < 4.78 is 43.3. The number of hydrogen-bond donors (Lipinski definition) is 1. The van der Waals surface area contributed by atoms with E-state index in [-0.39, 0.29) is 22.7 Å². The second-order valence-electron chi connectivity index (χ2n) is 9.69. The first-order valence-corrected chi connectivity index (χ1v) is 14.9. The molecular weight excluding hydrogens is 553 g/mol. The van der Waals surface area contributed by atoms with E-state index in [1.54, 1.807) is 44.2 Å². The highest BCUT2D eigenvalue weighted by atomic mass is 35.5. The van der Waals surface area contributed by atoms with Crippen LogP contribution in [-0.4, -0.2) is 44.3 Å². The first-order chi connectivity index (χ1) is 18.9. The number of aryl methyl sites for hydroxylation is 2. The standard InChI is InChI=1S/C30H35ClFN3O4S/c1-5-6-17-33-30(37)23(4)34(19-24-9-7-8-10-28(24)32)29(36)20-35(25-14-13-22(3)27(31)18-25)40(38,39)26-15-11-21(2)12-16-26/h7-16,18,23H,5-6,17,19-20H2,1-4H3,(H,33,37)/t23-/m1/s1. The highest BCUT2D eigenvalue weighted by Crippen LogP contribution is 2.29. The van der Waals surface area contributed by atoms with Crippen molar-refractivity contribution < 1.29 is 22.4 Å². The molecule has 0 saturated carbocycles. The van der Waals surface area contributed by atoms with Crippen LogP contribution in [0.1, 0.15) is 43.4 Å². The van der Waals surface area contributed by atoms with Gasteiger partial charge in [0, 0.05) is 23.7 Å². The number of unbranched alkanes of at least 4 members (excludes halogenated alkanes) is 1. The summed E-state index contributed by atoms with van der Waals surface area (Å²) >= 11 is 6.34. The van der Waals surface area contributed by atoms with Gasteiger partial charge in [0.05, 0.1) is 10.6 Å². The van der Waals surface area contributed by atoms with E-state index in [0.717, 1.165) is 28.3 Å². The van der Waals surface area contributed by atoms with E-state index < -0.39 is 40.2 Å². The van der Waals surface area contributed by atoms with E-state index in [2.05, 4.69) is 5.32 Å². The maximum absolute atomic E-state index is 14.6. The topological polar surface area (TPSA) is 86.8 Å². The second-order valence-corrected chi connectivity index (χ2v) is 12.0. The smallest absolute Gasteiger partial charge is 0.264 e. The number of rotatable bonds is 12. The monoisotopic (exact) mass is 587 g/mol. The number of amides is 2. The molecule has 0 aliphatic heterocycles. The fraction of sp³-hybridized carbons (Fsp3) is 0.333. The largest absolute Gasteiger partial charge is 0.354 e. The van der Waals surface area contributed by atoms with Crippen LogP contribution in [0.5, 0.6) is 0 Å². The summed E-state index contributed by atoms with van der Waals surface area (Å²) in [7, 11) is -4.22. The Labute approximate surface area is 241 Å². The molecule has 10 heteroatoms. The maximum atomic E-state index is 14.6. The number of carbonyl (C=O) groups excluding carboxylic acids is 2. The van der Waals surface area contributed by atoms with Crippen molar-refractivity contribution in [3.63, 3.8) is 0 Å². The van der Waals surface area contributed by atoms with Crippen molar-refractivity contribution in [2.24, 2.45) is 0 Å². The summed E-state index contributed by atoms with van der Waals surface area (Å²) in [5.41, 5.74) is 2.01. The molecule has 0 fully saturated rings. The van der Waals surface area contributed by atoms with Gasteiger partial charge in [-0.25, -0.2) is 12.8 Å². The van der Waals surface area contributed by atoms with Crippen LogP contribution in [0, 0.1) is 19.7 Å². The van der Waals surface area contributed by atoms with E-state index in [1.807, 2.05) is 13.8 Å². The van der Waals surface area contributed by atoms with Crippen LogP contribution in [0.2, 0.25) is 5.02 Å². The molecule has 2 amide bonds. The minimum atomic E-state index is -4.22. The van der Waals surface area contributed by atoms with Crippen molar-refractivity contribution in [3.8, 4) is 0 Å². The van der Waals surface area contributed by atoms with E-state index in [4.69, 9.17) is 11.6 Å². The predicted octanol–water partition coefficient (Wildman–Crippen LogP) is 5.62. The SMILES string of the molecule is CCCCNC(=O)[C@@H](C)N(Cc1ccccc1F)C(=O)CN(c1ccc(C)c(Cl)c1)S(=O)(=O)c1ccc(C)cc1.